The third-order valence-electron chi connectivity index (χ3n) is 4.23. The maximum absolute atomic E-state index is 13.3. The van der Waals surface area contributed by atoms with Crippen molar-refractivity contribution in [2.24, 2.45) is 0 Å². The molecule has 2 aromatic heterocycles. The third kappa shape index (κ3) is 2.85. The number of imidazole rings is 1. The van der Waals surface area contributed by atoms with Gasteiger partial charge in [0.1, 0.15) is 18.6 Å². The maximum Gasteiger partial charge on any atom is 0.246 e. The molecule has 0 aliphatic carbocycles. The van der Waals surface area contributed by atoms with Crippen LogP contribution in [0.15, 0.2) is 30.6 Å². The van der Waals surface area contributed by atoms with Gasteiger partial charge in [-0.2, -0.15) is 0 Å². The molecule has 2 N–H and O–H groups in total. The number of hydrogen-bond acceptors (Lipinski definition) is 6. The molecule has 0 bridgehead atoms. The first-order valence-corrected chi connectivity index (χ1v) is 8.75. The molecular weight excluding hydrogens is 357 g/mol. The van der Waals surface area contributed by atoms with Crippen LogP contribution in [0.4, 0.5) is 15.3 Å². The van der Waals surface area contributed by atoms with E-state index >= 15 is 0 Å². The molecule has 1 atom stereocenters. The zero-order valence-corrected chi connectivity index (χ0v) is 14.9. The van der Waals surface area contributed by atoms with Crippen molar-refractivity contribution < 1.29 is 14.3 Å². The van der Waals surface area contributed by atoms with Gasteiger partial charge in [-0.15, -0.1) is 0 Å². The number of nitrogens with zero attached hydrogens (tertiary/aromatic N) is 4. The summed E-state index contributed by atoms with van der Waals surface area (Å²) < 4.78 is 15.7. The molecule has 26 heavy (non-hydrogen) atoms. The molecule has 1 amide bonds. The van der Waals surface area contributed by atoms with Crippen LogP contribution in [0, 0.1) is 5.82 Å². The smallest absolute Gasteiger partial charge is 0.246 e. The fourth-order valence-corrected chi connectivity index (χ4v) is 3.86. The van der Waals surface area contributed by atoms with E-state index in [0.717, 1.165) is 11.3 Å². The molecule has 3 heterocycles. The number of hydrogen-bond donors (Lipinski definition) is 2. The highest BCUT2D eigenvalue weighted by Gasteiger charge is 2.25. The molecule has 0 spiro atoms. The molecule has 0 fully saturated rings. The van der Waals surface area contributed by atoms with Gasteiger partial charge in [-0.05, 0) is 36.8 Å². The third-order valence-corrected chi connectivity index (χ3v) is 5.17. The summed E-state index contributed by atoms with van der Waals surface area (Å²) in [6, 6.07) is 4.31. The van der Waals surface area contributed by atoms with Crippen LogP contribution in [0.1, 0.15) is 12.6 Å². The number of benzene rings is 1. The Morgan fingerprint density at radius 2 is 2.27 bits per heavy atom. The van der Waals surface area contributed by atoms with Crippen molar-refractivity contribution in [2.75, 3.05) is 17.3 Å². The first-order chi connectivity index (χ1) is 12.4. The number of amides is 1. The Kier molecular flexibility index (Phi) is 3.97. The van der Waals surface area contributed by atoms with E-state index in [9.17, 15) is 14.3 Å². The summed E-state index contributed by atoms with van der Waals surface area (Å²) in [7, 11) is 1.74. The highest BCUT2D eigenvalue weighted by Crippen LogP contribution is 2.31. The number of halogens is 1. The molecule has 134 valence electrons. The lowest BCUT2D eigenvalue weighted by Crippen LogP contribution is -2.33. The van der Waals surface area contributed by atoms with E-state index in [0.29, 0.717) is 21.2 Å². The molecule has 1 unspecified atom stereocenters. The minimum atomic E-state index is -0.733. The second kappa shape index (κ2) is 6.19. The molecule has 3 aromatic rings. The van der Waals surface area contributed by atoms with Crippen molar-refractivity contribution in [1.82, 2.24) is 14.5 Å². The van der Waals surface area contributed by atoms with Crippen molar-refractivity contribution in [3.8, 4) is 0 Å². The number of allylic oxidation sites excluding steroid dienone is 1. The van der Waals surface area contributed by atoms with E-state index in [1.807, 2.05) is 6.92 Å². The number of fused-ring (bicyclic) bond motifs is 2. The molecule has 1 aromatic carbocycles. The van der Waals surface area contributed by atoms with Gasteiger partial charge >= 0.3 is 0 Å². The van der Waals surface area contributed by atoms with Crippen LogP contribution < -0.4 is 10.2 Å². The van der Waals surface area contributed by atoms with Crippen molar-refractivity contribution in [3.05, 3.63) is 42.1 Å². The van der Waals surface area contributed by atoms with Gasteiger partial charge in [-0.25, -0.2) is 14.4 Å². The quantitative estimate of drug-likeness (QED) is 0.737. The number of carbonyl (C=O) groups excluding carboxylic acids is 1. The lowest BCUT2D eigenvalue weighted by atomic mass is 10.1. The Balaban J connectivity index is 1.54. The summed E-state index contributed by atoms with van der Waals surface area (Å²) in [4.78, 5) is 22.6. The van der Waals surface area contributed by atoms with Crippen LogP contribution in [0.5, 0.6) is 0 Å². The fraction of sp³-hybridized carbons (Fsp3) is 0.235. The van der Waals surface area contributed by atoms with Crippen LogP contribution in [-0.2, 0) is 11.3 Å². The molecule has 0 saturated carbocycles. The molecule has 7 nitrogen and oxygen atoms in total. The van der Waals surface area contributed by atoms with Gasteiger partial charge in [0.05, 0.1) is 22.2 Å². The predicted molar refractivity (Wildman–Crippen MR) is 98.5 cm³/mol. The van der Waals surface area contributed by atoms with Gasteiger partial charge in [-0.1, -0.05) is 11.3 Å². The highest BCUT2D eigenvalue weighted by atomic mass is 32.1. The molecule has 0 radical (unpaired) electrons. The molecular formula is C17H16FN5O2S. The van der Waals surface area contributed by atoms with Gasteiger partial charge in [0.25, 0.3) is 0 Å². The van der Waals surface area contributed by atoms with Crippen LogP contribution in [0.3, 0.4) is 0 Å². The van der Waals surface area contributed by atoms with Gasteiger partial charge in [0.15, 0.2) is 10.9 Å². The second-order valence-corrected chi connectivity index (χ2v) is 7.13. The van der Waals surface area contributed by atoms with Gasteiger partial charge < -0.3 is 19.9 Å². The minimum absolute atomic E-state index is 0.0573. The molecule has 1 aliphatic heterocycles. The van der Waals surface area contributed by atoms with E-state index in [1.54, 1.807) is 35.0 Å². The number of aliphatic hydroxyl groups is 1. The molecule has 9 heteroatoms. The van der Waals surface area contributed by atoms with Crippen LogP contribution in [0.2, 0.25) is 0 Å². The van der Waals surface area contributed by atoms with E-state index in [-0.39, 0.29) is 18.3 Å². The van der Waals surface area contributed by atoms with Crippen LogP contribution >= 0.6 is 11.3 Å². The monoisotopic (exact) mass is 373 g/mol. The number of likely N-dealkylation sites (N-methyl/N-ethyl adjacent to an activating group) is 1. The summed E-state index contributed by atoms with van der Waals surface area (Å²) >= 11 is 1.22. The Bertz CT molecular complexity index is 1040. The molecule has 4 rings (SSSR count). The van der Waals surface area contributed by atoms with Crippen molar-refractivity contribution >= 4 is 44.0 Å². The van der Waals surface area contributed by atoms with Crippen molar-refractivity contribution in [1.29, 1.82) is 0 Å². The predicted octanol–water partition coefficient (Wildman–Crippen LogP) is 2.44. The van der Waals surface area contributed by atoms with Crippen LogP contribution in [0.25, 0.3) is 15.8 Å². The van der Waals surface area contributed by atoms with E-state index < -0.39 is 6.23 Å². The fourth-order valence-electron chi connectivity index (χ4n) is 2.96. The van der Waals surface area contributed by atoms with Crippen LogP contribution in [-0.4, -0.2) is 38.8 Å². The minimum Gasteiger partial charge on any atom is -0.370 e. The standard InChI is InChI=1S/C17H16FN5O2S/c1-9-5-14(25)22(2)16-15(9)23(8-19-16)7-13(24)21-17-20-11-4-3-10(18)6-12(11)26-17/h3-6,8,14,25H,7H2,1-2H3,(H,20,21,24). The maximum atomic E-state index is 13.3. The number of aliphatic hydroxyl groups excluding tert-OH is 1. The summed E-state index contributed by atoms with van der Waals surface area (Å²) in [6.45, 7) is 1.93. The Hall–Kier alpha value is -2.78. The van der Waals surface area contributed by atoms with Crippen molar-refractivity contribution in [3.63, 3.8) is 0 Å². The first-order valence-electron chi connectivity index (χ1n) is 7.93. The zero-order valence-electron chi connectivity index (χ0n) is 14.1. The number of nitrogens with one attached hydrogen (secondary N) is 1. The van der Waals surface area contributed by atoms with E-state index in [1.165, 1.54) is 23.5 Å². The lowest BCUT2D eigenvalue weighted by Gasteiger charge is -2.27. The normalized spacial score (nSPS) is 16.5. The Labute approximate surface area is 152 Å². The van der Waals surface area contributed by atoms with E-state index in [2.05, 4.69) is 15.3 Å². The van der Waals surface area contributed by atoms with Gasteiger partial charge in [-0.3, -0.25) is 4.79 Å². The highest BCUT2D eigenvalue weighted by molar-refractivity contribution is 7.22. The molecule has 0 saturated heterocycles. The number of aromatic nitrogens is 3. The lowest BCUT2D eigenvalue weighted by molar-refractivity contribution is -0.116. The first kappa shape index (κ1) is 16.7. The van der Waals surface area contributed by atoms with Gasteiger partial charge in [0.2, 0.25) is 5.91 Å². The van der Waals surface area contributed by atoms with Gasteiger partial charge in [0, 0.05) is 7.05 Å². The Morgan fingerprint density at radius 1 is 1.46 bits per heavy atom. The average Bonchev–Trinajstić information content (AvgIpc) is 3.16. The summed E-state index contributed by atoms with van der Waals surface area (Å²) in [5, 5.41) is 13.1. The van der Waals surface area contributed by atoms with Crippen molar-refractivity contribution in [2.45, 2.75) is 19.7 Å². The topological polar surface area (TPSA) is 83.3 Å². The largest absolute Gasteiger partial charge is 0.370 e. The zero-order chi connectivity index (χ0) is 18.4. The number of thiazole rings is 1. The number of rotatable bonds is 3. The second-order valence-electron chi connectivity index (χ2n) is 6.10. The molecule has 1 aliphatic rings. The average molecular weight is 373 g/mol. The Morgan fingerprint density at radius 3 is 3.08 bits per heavy atom. The number of anilines is 2. The summed E-state index contributed by atoms with van der Waals surface area (Å²) in [5.41, 5.74) is 2.28. The summed E-state index contributed by atoms with van der Waals surface area (Å²) in [5.74, 6) is 0.0321. The summed E-state index contributed by atoms with van der Waals surface area (Å²) in [6.07, 6.45) is 2.55. The SMILES string of the molecule is CC1=CC(O)N(C)c2ncn(CC(=O)Nc3nc4ccc(F)cc4s3)c21. The number of carbonyl (C=O) groups is 1. The van der Waals surface area contributed by atoms with E-state index in [4.69, 9.17) is 0 Å².